The number of rotatable bonds is 12. The number of carboxylic acid groups (broad SMARTS) is 2. The van der Waals surface area contributed by atoms with Crippen LogP contribution in [0.2, 0.25) is 0 Å². The van der Waals surface area contributed by atoms with Crippen LogP contribution in [0.4, 0.5) is 4.79 Å². The van der Waals surface area contributed by atoms with Gasteiger partial charge in [-0.2, -0.15) is 0 Å². The van der Waals surface area contributed by atoms with Crippen molar-refractivity contribution in [3.63, 3.8) is 0 Å². The topological polar surface area (TPSA) is 142 Å². The summed E-state index contributed by atoms with van der Waals surface area (Å²) in [5.74, 6) is -2.70. The second-order valence-corrected chi connectivity index (χ2v) is 8.10. The molecule has 3 rings (SSSR count). The number of nitrogens with one attached hydrogen (secondary N) is 2. The Morgan fingerprint density at radius 2 is 1.50 bits per heavy atom. The molecule has 0 bridgehead atoms. The Kier molecular flexibility index (Phi) is 8.61. The lowest BCUT2D eigenvalue weighted by atomic mass is 9.98. The van der Waals surface area contributed by atoms with Gasteiger partial charge in [0.1, 0.15) is 12.6 Å². The van der Waals surface area contributed by atoms with Crippen LogP contribution in [-0.2, 0) is 19.1 Å². The van der Waals surface area contributed by atoms with Gasteiger partial charge in [0.15, 0.2) is 0 Å². The number of alkyl carbamates (subject to hydrolysis) is 1. The number of carbonyl (C=O) groups is 4. The van der Waals surface area contributed by atoms with E-state index in [2.05, 4.69) is 10.6 Å². The monoisotopic (exact) mass is 468 g/mol. The first kappa shape index (κ1) is 24.8. The van der Waals surface area contributed by atoms with Gasteiger partial charge in [-0.1, -0.05) is 48.5 Å². The number of aliphatic carboxylic acids is 2. The van der Waals surface area contributed by atoms with Crippen LogP contribution >= 0.6 is 0 Å². The summed E-state index contributed by atoms with van der Waals surface area (Å²) in [6.45, 7) is 0.393. The van der Waals surface area contributed by atoms with Crippen LogP contribution in [0, 0.1) is 0 Å². The third-order valence-electron chi connectivity index (χ3n) is 5.74. The van der Waals surface area contributed by atoms with Crippen molar-refractivity contribution in [3.05, 3.63) is 59.7 Å². The summed E-state index contributed by atoms with van der Waals surface area (Å²) < 4.78 is 5.41. The van der Waals surface area contributed by atoms with Crippen LogP contribution in [0.3, 0.4) is 0 Å². The van der Waals surface area contributed by atoms with E-state index in [0.717, 1.165) is 22.3 Å². The minimum absolute atomic E-state index is 0.0918. The number of unbranched alkanes of at least 4 members (excludes halogenated alkanes) is 1. The number of carboxylic acids is 2. The van der Waals surface area contributed by atoms with E-state index in [1.54, 1.807) is 0 Å². The lowest BCUT2D eigenvalue weighted by molar-refractivity contribution is -0.139. The van der Waals surface area contributed by atoms with Gasteiger partial charge in [0.2, 0.25) is 5.91 Å². The Balaban J connectivity index is 1.44. The van der Waals surface area contributed by atoms with Crippen molar-refractivity contribution in [3.8, 4) is 11.1 Å². The molecule has 1 atom stereocenters. The second-order valence-electron chi connectivity index (χ2n) is 8.10. The number of amides is 2. The van der Waals surface area contributed by atoms with Crippen molar-refractivity contribution in [2.75, 3.05) is 13.2 Å². The highest BCUT2D eigenvalue weighted by Crippen LogP contribution is 2.44. The molecule has 0 aliphatic heterocycles. The van der Waals surface area contributed by atoms with Crippen molar-refractivity contribution in [2.24, 2.45) is 0 Å². The summed E-state index contributed by atoms with van der Waals surface area (Å²) in [4.78, 5) is 45.8. The average molecular weight is 469 g/mol. The van der Waals surface area contributed by atoms with Crippen LogP contribution in [-0.4, -0.2) is 53.3 Å². The van der Waals surface area contributed by atoms with Crippen molar-refractivity contribution in [1.82, 2.24) is 10.6 Å². The molecule has 9 heteroatoms. The molecule has 0 aromatic heterocycles. The van der Waals surface area contributed by atoms with E-state index >= 15 is 0 Å². The molecule has 34 heavy (non-hydrogen) atoms. The molecule has 9 nitrogen and oxygen atoms in total. The summed E-state index contributed by atoms with van der Waals surface area (Å²) in [6, 6.07) is 14.8. The van der Waals surface area contributed by atoms with E-state index in [0.29, 0.717) is 19.4 Å². The molecule has 0 heterocycles. The van der Waals surface area contributed by atoms with E-state index in [1.165, 1.54) is 0 Å². The molecule has 0 radical (unpaired) electrons. The number of carbonyl (C=O) groups excluding carboxylic acids is 2. The molecular weight excluding hydrogens is 440 g/mol. The number of fused-ring (bicyclic) bond motifs is 3. The van der Waals surface area contributed by atoms with Gasteiger partial charge in [-0.15, -0.1) is 0 Å². The fourth-order valence-corrected chi connectivity index (χ4v) is 4.05. The summed E-state index contributed by atoms with van der Waals surface area (Å²) in [7, 11) is 0. The molecule has 1 unspecified atom stereocenters. The molecule has 4 N–H and O–H groups in total. The zero-order chi connectivity index (χ0) is 24.5. The Bertz CT molecular complexity index is 1010. The molecule has 2 amide bonds. The van der Waals surface area contributed by atoms with Gasteiger partial charge in [-0.25, -0.2) is 9.59 Å². The van der Waals surface area contributed by atoms with Crippen molar-refractivity contribution >= 4 is 23.9 Å². The van der Waals surface area contributed by atoms with Gasteiger partial charge in [0.25, 0.3) is 0 Å². The van der Waals surface area contributed by atoms with Crippen LogP contribution in [0.15, 0.2) is 48.5 Å². The molecule has 2 aromatic rings. The van der Waals surface area contributed by atoms with Gasteiger partial charge < -0.3 is 25.6 Å². The Labute approximate surface area is 197 Å². The first-order chi connectivity index (χ1) is 16.4. The maximum absolute atomic E-state index is 12.3. The highest BCUT2D eigenvalue weighted by atomic mass is 16.5. The van der Waals surface area contributed by atoms with E-state index in [-0.39, 0.29) is 37.7 Å². The van der Waals surface area contributed by atoms with Crippen LogP contribution in [0.1, 0.15) is 49.1 Å². The molecule has 180 valence electrons. The van der Waals surface area contributed by atoms with Crippen molar-refractivity contribution < 1.29 is 34.1 Å². The number of ether oxygens (including phenoxy) is 1. The third-order valence-corrected chi connectivity index (χ3v) is 5.74. The fraction of sp³-hybridized carbons (Fsp3) is 0.360. The molecule has 1 aliphatic rings. The predicted molar refractivity (Wildman–Crippen MR) is 123 cm³/mol. The highest BCUT2D eigenvalue weighted by Gasteiger charge is 2.29. The SMILES string of the molecule is O=C(O)CCC(=O)NCCCCC(NC(=O)OCC1c2ccccc2-c2ccccc21)C(=O)O. The lowest BCUT2D eigenvalue weighted by Crippen LogP contribution is -2.41. The molecule has 0 spiro atoms. The maximum atomic E-state index is 12.3. The summed E-state index contributed by atoms with van der Waals surface area (Å²) in [6.07, 6.45) is -0.0246. The van der Waals surface area contributed by atoms with E-state index in [9.17, 15) is 24.3 Å². The third kappa shape index (κ3) is 6.57. The lowest BCUT2D eigenvalue weighted by Gasteiger charge is -2.17. The van der Waals surface area contributed by atoms with Gasteiger partial charge in [0, 0.05) is 18.9 Å². The number of hydrogen-bond acceptors (Lipinski definition) is 5. The molecule has 2 aromatic carbocycles. The van der Waals surface area contributed by atoms with Crippen molar-refractivity contribution in [2.45, 2.75) is 44.1 Å². The van der Waals surface area contributed by atoms with E-state index in [1.807, 2.05) is 48.5 Å². The van der Waals surface area contributed by atoms with E-state index < -0.39 is 24.1 Å². The van der Waals surface area contributed by atoms with Gasteiger partial charge >= 0.3 is 18.0 Å². The zero-order valence-electron chi connectivity index (χ0n) is 18.7. The predicted octanol–water partition coefficient (Wildman–Crippen LogP) is 3.13. The summed E-state index contributed by atoms with van der Waals surface area (Å²) in [5.41, 5.74) is 4.34. The van der Waals surface area contributed by atoms with Crippen LogP contribution in [0.5, 0.6) is 0 Å². The number of benzene rings is 2. The zero-order valence-corrected chi connectivity index (χ0v) is 18.7. The summed E-state index contributed by atoms with van der Waals surface area (Å²) >= 11 is 0. The molecule has 1 aliphatic carbocycles. The van der Waals surface area contributed by atoms with Gasteiger partial charge in [0.05, 0.1) is 6.42 Å². The Morgan fingerprint density at radius 3 is 2.09 bits per heavy atom. The van der Waals surface area contributed by atoms with Crippen LogP contribution < -0.4 is 10.6 Å². The standard InChI is InChI=1S/C25H28N2O7/c28-22(12-13-23(29)30)26-14-6-5-11-21(24(31)32)27-25(33)34-15-20-18-9-3-1-7-16(18)17-8-2-4-10-19(17)20/h1-4,7-10,20-21H,5-6,11-15H2,(H,26,28)(H,27,33)(H,29,30)(H,31,32). The van der Waals surface area contributed by atoms with Crippen LogP contribution in [0.25, 0.3) is 11.1 Å². The highest BCUT2D eigenvalue weighted by molar-refractivity contribution is 5.81. The quantitative estimate of drug-likeness (QED) is 0.351. The minimum Gasteiger partial charge on any atom is -0.481 e. The molecule has 0 saturated carbocycles. The maximum Gasteiger partial charge on any atom is 0.407 e. The largest absolute Gasteiger partial charge is 0.481 e. The smallest absolute Gasteiger partial charge is 0.407 e. The fourth-order valence-electron chi connectivity index (χ4n) is 4.05. The van der Waals surface area contributed by atoms with Crippen molar-refractivity contribution in [1.29, 1.82) is 0 Å². The number of hydrogen-bond donors (Lipinski definition) is 4. The molecule has 0 fully saturated rings. The minimum atomic E-state index is -1.17. The molecular formula is C25H28N2O7. The summed E-state index contributed by atoms with van der Waals surface area (Å²) in [5, 5.41) is 23.0. The Hall–Kier alpha value is -3.88. The second kappa shape index (κ2) is 11.8. The Morgan fingerprint density at radius 1 is 0.882 bits per heavy atom. The normalized spacial score (nSPS) is 12.8. The average Bonchev–Trinajstić information content (AvgIpc) is 3.14. The first-order valence-corrected chi connectivity index (χ1v) is 11.2. The van der Waals surface area contributed by atoms with Gasteiger partial charge in [-0.05, 0) is 41.5 Å². The van der Waals surface area contributed by atoms with Gasteiger partial charge in [-0.3, -0.25) is 9.59 Å². The first-order valence-electron chi connectivity index (χ1n) is 11.2. The molecule has 0 saturated heterocycles. The van der Waals surface area contributed by atoms with E-state index in [4.69, 9.17) is 9.84 Å².